The summed E-state index contributed by atoms with van der Waals surface area (Å²) < 4.78 is 60.6. The van der Waals surface area contributed by atoms with Crippen LogP contribution in [-0.2, 0) is 55.8 Å². The number of carbonyl (C=O) groups excluding carboxylic acids is 3. The first-order valence-electron chi connectivity index (χ1n) is 31.2. The molecule has 0 radical (unpaired) electrons. The lowest BCUT2D eigenvalue weighted by Crippen LogP contribution is -2.30. The van der Waals surface area contributed by atoms with Crippen LogP contribution in [0.15, 0.2) is 109 Å². The number of aliphatic hydroxyl groups is 2. The molecule has 83 heavy (non-hydrogen) atoms. The minimum atomic E-state index is -4.93. The number of allylic oxidation sites excluding steroid dienone is 18. The van der Waals surface area contributed by atoms with Crippen LogP contribution in [0.2, 0.25) is 0 Å². The monoisotopic (exact) mass is 1210 g/mol. The summed E-state index contributed by atoms with van der Waals surface area (Å²) in [5, 5.41) is 20.5. The highest BCUT2D eigenvalue weighted by molar-refractivity contribution is 7.47. The minimum absolute atomic E-state index is 0.0820. The molecule has 0 aliphatic carbocycles. The number of ether oxygens (including phenoxy) is 3. The summed E-state index contributed by atoms with van der Waals surface area (Å²) in [5.74, 6) is -1.67. The Morgan fingerprint density at radius 2 is 0.651 bits per heavy atom. The van der Waals surface area contributed by atoms with E-state index in [9.17, 15) is 43.5 Å². The van der Waals surface area contributed by atoms with E-state index in [1.54, 1.807) is 0 Å². The second-order valence-corrected chi connectivity index (χ2v) is 23.4. The van der Waals surface area contributed by atoms with Gasteiger partial charge in [0, 0.05) is 19.3 Å². The molecule has 5 atom stereocenters. The van der Waals surface area contributed by atoms with E-state index in [2.05, 4.69) is 118 Å². The van der Waals surface area contributed by atoms with Crippen molar-refractivity contribution in [2.24, 2.45) is 0 Å². The molecular formula is C65H110O16P2. The van der Waals surface area contributed by atoms with Crippen molar-refractivity contribution in [1.29, 1.82) is 0 Å². The van der Waals surface area contributed by atoms with Gasteiger partial charge in [-0.1, -0.05) is 194 Å². The quantitative estimate of drug-likeness (QED) is 0.0146. The molecular weight excluding hydrogens is 1100 g/mol. The van der Waals surface area contributed by atoms with Crippen molar-refractivity contribution in [2.45, 2.75) is 245 Å². The summed E-state index contributed by atoms with van der Waals surface area (Å²) in [5.41, 5.74) is 0. The Kier molecular flexibility index (Phi) is 55.9. The van der Waals surface area contributed by atoms with Crippen molar-refractivity contribution in [3.63, 3.8) is 0 Å². The molecule has 0 spiro atoms. The van der Waals surface area contributed by atoms with Gasteiger partial charge >= 0.3 is 33.6 Å². The molecule has 0 fully saturated rings. The van der Waals surface area contributed by atoms with Crippen LogP contribution >= 0.6 is 15.6 Å². The van der Waals surface area contributed by atoms with Gasteiger partial charge in [-0.15, -0.1) is 0 Å². The molecule has 0 saturated heterocycles. The minimum Gasteiger partial charge on any atom is -0.463 e. The highest BCUT2D eigenvalue weighted by Gasteiger charge is 2.29. The fourth-order valence-corrected chi connectivity index (χ4v) is 9.25. The van der Waals surface area contributed by atoms with Gasteiger partial charge in [-0.05, 0) is 122 Å². The van der Waals surface area contributed by atoms with Crippen LogP contribution in [0.5, 0.6) is 0 Å². The van der Waals surface area contributed by atoms with Gasteiger partial charge in [-0.2, -0.15) is 0 Å². The lowest BCUT2D eigenvalue weighted by Gasteiger charge is -2.21. The lowest BCUT2D eigenvalue weighted by atomic mass is 10.1. The molecule has 0 aliphatic heterocycles. The van der Waals surface area contributed by atoms with Crippen molar-refractivity contribution in [3.8, 4) is 0 Å². The summed E-state index contributed by atoms with van der Waals surface area (Å²) in [7, 11) is -9.79. The Balaban J connectivity index is 4.78. The zero-order chi connectivity index (χ0) is 61.0. The highest BCUT2D eigenvalue weighted by atomic mass is 31.2. The summed E-state index contributed by atoms with van der Waals surface area (Å²) in [6.45, 7) is 2.37. The number of hydrogen-bond donors (Lipinski definition) is 4. The Morgan fingerprint density at radius 1 is 0.349 bits per heavy atom. The molecule has 0 amide bonds. The maximum Gasteiger partial charge on any atom is 0.472 e. The van der Waals surface area contributed by atoms with Gasteiger partial charge in [0.25, 0.3) is 0 Å². The van der Waals surface area contributed by atoms with Gasteiger partial charge in [-0.25, -0.2) is 9.13 Å². The summed E-state index contributed by atoms with van der Waals surface area (Å²) in [6, 6.07) is 0. The van der Waals surface area contributed by atoms with Crippen molar-refractivity contribution < 1.29 is 75.8 Å². The predicted molar refractivity (Wildman–Crippen MR) is 334 cm³/mol. The highest BCUT2D eigenvalue weighted by Crippen LogP contribution is 2.45. The van der Waals surface area contributed by atoms with Crippen LogP contribution in [-0.4, -0.2) is 95.9 Å². The Bertz CT molecular complexity index is 1960. The number of rotatable bonds is 58. The van der Waals surface area contributed by atoms with Crippen molar-refractivity contribution in [3.05, 3.63) is 109 Å². The van der Waals surface area contributed by atoms with Crippen LogP contribution in [0.4, 0.5) is 0 Å². The van der Waals surface area contributed by atoms with Gasteiger partial charge in [0.05, 0.1) is 26.4 Å². The molecule has 0 bridgehead atoms. The molecule has 0 aromatic carbocycles. The molecule has 0 aromatic heterocycles. The van der Waals surface area contributed by atoms with E-state index in [-0.39, 0.29) is 19.3 Å². The zero-order valence-electron chi connectivity index (χ0n) is 51.1. The van der Waals surface area contributed by atoms with Crippen molar-refractivity contribution >= 4 is 33.6 Å². The average molecular weight is 1210 g/mol. The van der Waals surface area contributed by atoms with E-state index in [1.165, 1.54) is 38.5 Å². The Hall–Kier alpha value is -3.79. The maximum atomic E-state index is 12.9. The first-order chi connectivity index (χ1) is 40.2. The van der Waals surface area contributed by atoms with Crippen LogP contribution in [0.1, 0.15) is 226 Å². The number of unbranched alkanes of at least 4 members (excludes halogenated alkanes) is 17. The van der Waals surface area contributed by atoms with Crippen LogP contribution in [0.25, 0.3) is 0 Å². The molecule has 0 aliphatic rings. The van der Waals surface area contributed by atoms with Gasteiger partial charge in [-0.3, -0.25) is 32.5 Å². The molecule has 476 valence electrons. The molecule has 5 unspecified atom stereocenters. The third kappa shape index (κ3) is 59.7. The largest absolute Gasteiger partial charge is 0.472 e. The third-order valence-electron chi connectivity index (χ3n) is 12.5. The Labute approximate surface area is 500 Å². The van der Waals surface area contributed by atoms with Crippen LogP contribution < -0.4 is 0 Å². The first-order valence-corrected chi connectivity index (χ1v) is 34.2. The fraction of sp³-hybridized carbons (Fsp3) is 0.677. The van der Waals surface area contributed by atoms with Crippen molar-refractivity contribution in [1.82, 2.24) is 0 Å². The summed E-state index contributed by atoms with van der Waals surface area (Å²) >= 11 is 0. The van der Waals surface area contributed by atoms with Crippen molar-refractivity contribution in [2.75, 3.05) is 39.6 Å². The van der Waals surface area contributed by atoms with Gasteiger partial charge < -0.3 is 34.2 Å². The molecule has 18 heteroatoms. The first kappa shape index (κ1) is 79.2. The predicted octanol–water partition coefficient (Wildman–Crippen LogP) is 16.5. The number of carbonyl (C=O) groups is 3. The van der Waals surface area contributed by atoms with E-state index in [4.69, 9.17) is 32.3 Å². The van der Waals surface area contributed by atoms with E-state index in [1.807, 2.05) is 12.2 Å². The second-order valence-electron chi connectivity index (χ2n) is 20.5. The molecule has 16 nitrogen and oxygen atoms in total. The van der Waals surface area contributed by atoms with E-state index >= 15 is 0 Å². The van der Waals surface area contributed by atoms with Gasteiger partial charge in [0.2, 0.25) is 0 Å². The fourth-order valence-electron chi connectivity index (χ4n) is 7.66. The molecule has 0 heterocycles. The van der Waals surface area contributed by atoms with Crippen LogP contribution in [0, 0.1) is 0 Å². The second kappa shape index (κ2) is 58.6. The summed E-state index contributed by atoms with van der Waals surface area (Å²) in [6.07, 6.45) is 63.0. The van der Waals surface area contributed by atoms with E-state index < -0.39 is 91.5 Å². The summed E-state index contributed by atoms with van der Waals surface area (Å²) in [4.78, 5) is 58.1. The number of hydrogen-bond acceptors (Lipinski definition) is 14. The number of phosphoric ester groups is 2. The molecule has 0 aromatic rings. The topological polar surface area (TPSA) is 231 Å². The van der Waals surface area contributed by atoms with Gasteiger partial charge in [0.15, 0.2) is 6.10 Å². The number of aliphatic hydroxyl groups excluding tert-OH is 2. The van der Waals surface area contributed by atoms with Gasteiger partial charge in [0.1, 0.15) is 25.4 Å². The molecule has 4 N–H and O–H groups in total. The van der Waals surface area contributed by atoms with E-state index in [0.29, 0.717) is 25.7 Å². The Morgan fingerprint density at radius 3 is 1.06 bits per heavy atom. The SMILES string of the molecule is CC/C=C\C/C=C\C/C=C\C/C=C\C/C=C\CCCC(=O)OCC(O)COP(=O)(O)OCC(O)COP(=O)(O)OCC(COC(=O)CCCCCCC/C=C\C/C=C\CCCCC)OC(=O)CCCCCCC/C=C\C/C=C\CCCCC. The average Bonchev–Trinajstić information content (AvgIpc) is 3.47. The third-order valence-corrected chi connectivity index (χ3v) is 14.4. The maximum absolute atomic E-state index is 12.9. The molecule has 0 saturated carbocycles. The molecule has 0 rings (SSSR count). The van der Waals surface area contributed by atoms with E-state index in [0.717, 1.165) is 122 Å². The number of esters is 3. The zero-order valence-corrected chi connectivity index (χ0v) is 52.9. The smallest absolute Gasteiger partial charge is 0.463 e. The standard InChI is InChI=1S/C65H110O16P2/c1-4-7-10-13-16-19-22-25-28-29-32-34-36-39-42-45-48-51-63(68)75-54-60(66)55-77-82(71,72)78-56-61(67)57-79-83(73,74)80-59-62(81-65(70)53-50-47-44-41-38-35-31-27-24-21-18-15-12-9-6-3)58-76-64(69)52-49-46-43-40-37-33-30-26-23-20-17-14-11-8-5-2/h7,10,16-21,25-28,30-32,34,39,42,60-62,66-67H,4-6,8-9,11-15,22-24,29,33,35-38,40-41,43-59H2,1-3H3,(H,71,72)(H,73,74)/b10-7-,19-16-,20-17-,21-18-,28-25-,30-26-,31-27-,34-32-,42-39-. The number of phosphoric acid groups is 2. The lowest BCUT2D eigenvalue weighted by molar-refractivity contribution is -0.161. The van der Waals surface area contributed by atoms with Crippen LogP contribution in [0.3, 0.4) is 0 Å². The normalized spacial score (nSPS) is 15.1.